The van der Waals surface area contributed by atoms with Crippen LogP contribution in [-0.4, -0.2) is 256 Å². The number of hydrogen-bond donors (Lipinski definition) is 24. The van der Waals surface area contributed by atoms with E-state index in [4.69, 9.17) is 28.3 Å². The summed E-state index contributed by atoms with van der Waals surface area (Å²) in [6.45, 7) is 3.37. The van der Waals surface area contributed by atoms with E-state index >= 15 is 9.59 Å². The molecule has 6 heterocycles. The number of carbonyl (C=O) groups is 14. The Morgan fingerprint density at radius 3 is 1.98 bits per heavy atom. The molecule has 1 saturated heterocycles. The minimum absolute atomic E-state index is 0.0150. The number of aliphatic carboxylic acids is 1. The lowest BCUT2D eigenvalue weighted by Gasteiger charge is -2.32. The highest BCUT2D eigenvalue weighted by molar-refractivity contribution is 6.02. The molecule has 3 aromatic carbocycles. The molecular weight excluding hydrogens is 1500 g/mol. The topological polar surface area (TPSA) is 670 Å². The SMILES string of the molecule is CCC(C)C(N)C(=O)N1CCCC1C(=O)NC(CO)C(=O)NC1Cc2c[nH]c3cc(ccc23)C(C(N)=O)C(C(=O)NC(C(=O)NC2Cc3cn(cn3)C(c3ccc(O)cc3)C(C(=O)NC(CCCNC(=N)N)C(=O)NC(Cc3ccccc3)C(=O)O)NC(=O)C(CO)NC2=O)C(C)C)NC(=O)C(CO)NC(O)C(CC(N)=O)NC1=O. The number of guanidine groups is 1. The van der Waals surface area contributed by atoms with Crippen LogP contribution in [0.1, 0.15) is 106 Å². The summed E-state index contributed by atoms with van der Waals surface area (Å²) in [7, 11) is 0. The van der Waals surface area contributed by atoms with Crippen molar-refractivity contribution < 1.29 is 97.8 Å². The van der Waals surface area contributed by atoms with Crippen LogP contribution in [0.15, 0.2) is 91.5 Å². The van der Waals surface area contributed by atoms with Gasteiger partial charge in [-0.25, -0.2) is 9.78 Å². The third-order valence-electron chi connectivity index (χ3n) is 20.4. The first-order valence-electron chi connectivity index (χ1n) is 37.4. The Balaban J connectivity index is 1.09. The van der Waals surface area contributed by atoms with Crippen molar-refractivity contribution in [3.63, 3.8) is 0 Å². The van der Waals surface area contributed by atoms with Crippen LogP contribution in [0.2, 0.25) is 0 Å². The fraction of sp³-hybridized carbons (Fsp3) is 0.486. The molecule has 5 aromatic rings. The Morgan fingerprint density at radius 2 is 1.35 bits per heavy atom. The van der Waals surface area contributed by atoms with E-state index in [0.717, 1.165) is 0 Å². The van der Waals surface area contributed by atoms with Crippen LogP contribution >= 0.6 is 0 Å². The van der Waals surface area contributed by atoms with Crippen molar-refractivity contribution in [1.29, 1.82) is 5.41 Å². The highest BCUT2D eigenvalue weighted by atomic mass is 16.4. The van der Waals surface area contributed by atoms with Gasteiger partial charge in [-0.1, -0.05) is 88.7 Å². The molecule has 1 fully saturated rings. The van der Waals surface area contributed by atoms with Crippen LogP contribution in [-0.2, 0) is 86.4 Å². The number of phenolic OH excluding ortho intramolecular Hbond substituents is 1. The highest BCUT2D eigenvalue weighted by Gasteiger charge is 2.45. The number of phenols is 1. The van der Waals surface area contributed by atoms with Crippen LogP contribution in [0, 0.1) is 17.2 Å². The van der Waals surface area contributed by atoms with Crippen molar-refractivity contribution in [1.82, 2.24) is 83.2 Å². The molecule has 622 valence electrons. The van der Waals surface area contributed by atoms with E-state index < -0.39 is 230 Å². The second kappa shape index (κ2) is 40.5. The molecule has 28 N–H and O–H groups in total. The van der Waals surface area contributed by atoms with E-state index in [1.165, 1.54) is 84.5 Å². The predicted molar refractivity (Wildman–Crippen MR) is 407 cm³/mol. The number of nitrogens with one attached hydrogen (secondary N) is 14. The number of likely N-dealkylation sites (tertiary alicyclic amines) is 1. The van der Waals surface area contributed by atoms with Crippen molar-refractivity contribution >= 4 is 99.6 Å². The first-order valence-corrected chi connectivity index (χ1v) is 37.4. The molecule has 17 atom stereocenters. The third-order valence-corrected chi connectivity index (χ3v) is 20.4. The lowest BCUT2D eigenvalue weighted by atomic mass is 9.88. The van der Waals surface area contributed by atoms with Crippen LogP contribution < -0.4 is 86.7 Å². The Labute approximate surface area is 658 Å². The van der Waals surface area contributed by atoms with Gasteiger partial charge in [0.15, 0.2) is 5.96 Å². The Kier molecular flexibility index (Phi) is 31.1. The number of rotatable bonds is 30. The summed E-state index contributed by atoms with van der Waals surface area (Å²) in [6.07, 6.45) is 0.771. The summed E-state index contributed by atoms with van der Waals surface area (Å²) in [6, 6.07) is -5.29. The number of amides is 13. The fourth-order valence-electron chi connectivity index (χ4n) is 13.8. The molecule has 6 bridgehead atoms. The zero-order chi connectivity index (χ0) is 84.2. The molecule has 4 aliphatic heterocycles. The first kappa shape index (κ1) is 88.4. The molecule has 4 aliphatic rings. The number of primary amides is 2. The van der Waals surface area contributed by atoms with Crippen LogP contribution in [0.4, 0.5) is 0 Å². The number of nitrogens with zero attached hydrogens (tertiary/aromatic N) is 3. The van der Waals surface area contributed by atoms with Crippen molar-refractivity contribution in [2.24, 2.45) is 34.8 Å². The Morgan fingerprint density at radius 1 is 0.713 bits per heavy atom. The Hall–Kier alpha value is -12.2. The summed E-state index contributed by atoms with van der Waals surface area (Å²) in [5, 5.41) is 102. The standard InChI is InChI=1S/C74H101N21O20/c1-5-35(4)55(76)72(113)95-22-10-14-52(95)68(109)90-49(30-96)65(106)84-45-25-39-28-81-44-24-38(17-20-42(39)44)54(60(77)101)57(92-66(107)50(31-97)89-64(105)47(27-53(75)100)85-62(45)103)70(111)91-56(34(2)3)69(110)86-46-26-40-29-94(33-82-40)59(37-15-18-41(99)19-16-37)58(93-67(108)51(32-98)88-63(46)104)71(112)83-43(13-9-21-80-74(78)79)61(102)87-48(73(114)115)23-36-11-7-6-8-12-36/h6-8,11-12,15-20,24,28-29,33-35,43,45-52,54-59,64,81,89,96-99,105H,5,9-10,13-14,21-23,25-27,30-32,76H2,1-4H3,(H2,75,100)(H2,77,101)(H,83,112)(H,84,106)(H,85,103)(H,86,110)(H,87,102)(H,88,104)(H,90,109)(H,91,111)(H,92,107)(H,93,108)(H,114,115)(H4,78,79,80). The van der Waals surface area contributed by atoms with Crippen LogP contribution in [0.3, 0.4) is 0 Å². The van der Waals surface area contributed by atoms with E-state index in [2.05, 4.69) is 73.8 Å². The first-order chi connectivity index (χ1) is 54.6. The zero-order valence-corrected chi connectivity index (χ0v) is 63.5. The molecule has 9 rings (SSSR count). The number of carboxylic acid groups (broad SMARTS) is 1. The van der Waals surface area contributed by atoms with Crippen molar-refractivity contribution in [2.75, 3.05) is 32.9 Å². The summed E-state index contributed by atoms with van der Waals surface area (Å²) >= 11 is 0. The lowest BCUT2D eigenvalue weighted by molar-refractivity contribution is -0.142. The molecule has 0 radical (unpaired) electrons. The minimum atomic E-state index is -2.21. The lowest BCUT2D eigenvalue weighted by Crippen LogP contribution is -2.64. The number of nitrogens with two attached hydrogens (primary N) is 4. The maximum absolute atomic E-state index is 15.2. The second-order valence-electron chi connectivity index (χ2n) is 28.9. The monoisotopic (exact) mass is 1600 g/mol. The smallest absolute Gasteiger partial charge is 0.326 e. The molecule has 0 aliphatic carbocycles. The Bertz CT molecular complexity index is 4370. The molecular formula is C74H101N21O20. The van der Waals surface area contributed by atoms with Gasteiger partial charge in [-0.3, -0.25) is 73.1 Å². The van der Waals surface area contributed by atoms with Gasteiger partial charge in [0.1, 0.15) is 78.4 Å². The predicted octanol–water partition coefficient (Wildman–Crippen LogP) is -7.37. The van der Waals surface area contributed by atoms with E-state index in [0.29, 0.717) is 23.8 Å². The van der Waals surface area contributed by atoms with E-state index in [1.807, 2.05) is 6.92 Å². The summed E-state index contributed by atoms with van der Waals surface area (Å²) < 4.78 is 1.34. The van der Waals surface area contributed by atoms with E-state index in [1.54, 1.807) is 37.3 Å². The number of aliphatic hydroxyl groups is 4. The van der Waals surface area contributed by atoms with Gasteiger partial charge in [-0.05, 0) is 78.0 Å². The van der Waals surface area contributed by atoms with E-state index in [-0.39, 0.29) is 78.3 Å². The average Bonchev–Trinajstić information content (AvgIpc) is 1.75. The van der Waals surface area contributed by atoms with E-state index in [9.17, 15) is 88.2 Å². The van der Waals surface area contributed by atoms with Gasteiger partial charge in [-0.15, -0.1) is 0 Å². The number of benzene rings is 3. The zero-order valence-electron chi connectivity index (χ0n) is 63.5. The number of imidazole rings is 1. The molecule has 41 heteroatoms. The number of H-pyrrole nitrogens is 1. The molecule has 115 heavy (non-hydrogen) atoms. The number of carboxylic acids is 1. The van der Waals surface area contributed by atoms with Crippen LogP contribution in [0.25, 0.3) is 10.9 Å². The normalized spacial score (nSPS) is 23.1. The minimum Gasteiger partial charge on any atom is -0.508 e. The van der Waals surface area contributed by atoms with Gasteiger partial charge in [0.25, 0.3) is 0 Å². The highest BCUT2D eigenvalue weighted by Crippen LogP contribution is 2.30. The van der Waals surface area contributed by atoms with Gasteiger partial charge in [0.05, 0.1) is 62.3 Å². The summed E-state index contributed by atoms with van der Waals surface area (Å²) in [4.78, 5) is 208. The second-order valence-corrected chi connectivity index (χ2v) is 28.9. The number of hydrogen-bond acceptors (Lipinski definition) is 23. The van der Waals surface area contributed by atoms with Gasteiger partial charge < -0.3 is 127 Å². The number of carbonyl (C=O) groups excluding carboxylic acids is 13. The molecule has 41 nitrogen and oxygen atoms in total. The molecule has 2 aromatic heterocycles. The molecule has 0 saturated carbocycles. The number of aromatic amines is 1. The number of aromatic hydroxyl groups is 1. The third kappa shape index (κ3) is 23.0. The summed E-state index contributed by atoms with van der Waals surface area (Å²) in [5.74, 6) is -19.2. The number of aliphatic hydroxyl groups excluding tert-OH is 4. The van der Waals surface area contributed by atoms with Crippen molar-refractivity contribution in [2.45, 2.75) is 182 Å². The molecule has 0 spiro atoms. The maximum Gasteiger partial charge on any atom is 0.326 e. The quantitative estimate of drug-likeness (QED) is 0.00879. The van der Waals surface area contributed by atoms with Gasteiger partial charge >= 0.3 is 5.97 Å². The average molecular weight is 1600 g/mol. The maximum atomic E-state index is 15.2. The van der Waals surface area contributed by atoms with Gasteiger partial charge in [-0.2, -0.15) is 0 Å². The van der Waals surface area contributed by atoms with Gasteiger partial charge in [0.2, 0.25) is 76.8 Å². The van der Waals surface area contributed by atoms with Crippen molar-refractivity contribution in [3.05, 3.63) is 119 Å². The molecule has 13 amide bonds. The molecule has 17 unspecified atom stereocenters. The summed E-state index contributed by atoms with van der Waals surface area (Å²) in [5.41, 5.74) is 24.6. The van der Waals surface area contributed by atoms with Crippen LogP contribution in [0.5, 0.6) is 5.75 Å². The largest absolute Gasteiger partial charge is 0.508 e. The van der Waals surface area contributed by atoms with Crippen molar-refractivity contribution in [3.8, 4) is 5.75 Å². The van der Waals surface area contributed by atoms with Gasteiger partial charge in [0, 0.05) is 55.6 Å². The fourth-order valence-corrected chi connectivity index (χ4v) is 13.8. The number of aromatic nitrogens is 3. The number of fused-ring (bicyclic) bond motifs is 14.